The Hall–Kier alpha value is -3.03. The zero-order valence-electron chi connectivity index (χ0n) is 15.9. The number of rotatable bonds is 5. The third kappa shape index (κ3) is 4.13. The van der Waals surface area contributed by atoms with E-state index in [1.54, 1.807) is 42.5 Å². The molecule has 1 aliphatic rings. The fourth-order valence-corrected chi connectivity index (χ4v) is 4.64. The highest BCUT2D eigenvalue weighted by Gasteiger charge is 2.32. The molecule has 6 nitrogen and oxygen atoms in total. The molecule has 0 fully saturated rings. The van der Waals surface area contributed by atoms with E-state index in [1.807, 2.05) is 6.07 Å². The van der Waals surface area contributed by atoms with Crippen LogP contribution in [0.3, 0.4) is 0 Å². The number of sulfonamides is 1. The van der Waals surface area contributed by atoms with Gasteiger partial charge in [0, 0.05) is 5.02 Å². The van der Waals surface area contributed by atoms with Gasteiger partial charge in [-0.1, -0.05) is 41.9 Å². The lowest BCUT2D eigenvalue weighted by Crippen LogP contribution is -2.43. The van der Waals surface area contributed by atoms with Crippen LogP contribution in [0.2, 0.25) is 5.02 Å². The molecule has 1 aliphatic carbocycles. The minimum atomic E-state index is -4.26. The number of hydrazine groups is 1. The molecule has 0 saturated heterocycles. The molecule has 154 valence electrons. The van der Waals surface area contributed by atoms with Gasteiger partial charge in [-0.05, 0) is 72.9 Å². The van der Waals surface area contributed by atoms with E-state index in [2.05, 4.69) is 5.43 Å². The molecule has 0 saturated carbocycles. The first kappa shape index (κ1) is 20.3. The number of para-hydroxylation sites is 1. The molecular weight excluding hydrogens is 424 g/mol. The molecule has 4 rings (SSSR count). The maximum atomic E-state index is 13.2. The Bertz CT molecular complexity index is 1170. The normalized spacial score (nSPS) is 12.8. The van der Waals surface area contributed by atoms with Crippen LogP contribution in [-0.4, -0.2) is 18.9 Å². The van der Waals surface area contributed by atoms with Crippen molar-refractivity contribution in [3.63, 3.8) is 0 Å². The average Bonchev–Trinajstić information content (AvgIpc) is 3.23. The summed E-state index contributed by atoms with van der Waals surface area (Å²) in [6.45, 7) is 0. The summed E-state index contributed by atoms with van der Waals surface area (Å²) in [6, 6.07) is 19.6. The summed E-state index contributed by atoms with van der Waals surface area (Å²) in [6.07, 6.45) is 1.62. The Labute approximate surface area is 180 Å². The maximum Gasteiger partial charge on any atom is 0.449 e. The van der Waals surface area contributed by atoms with Crippen molar-refractivity contribution in [1.29, 1.82) is 0 Å². The second-order valence-corrected chi connectivity index (χ2v) is 9.04. The number of halogens is 1. The molecule has 1 N–H and O–H groups in total. The summed E-state index contributed by atoms with van der Waals surface area (Å²) in [5, 5.41) is 0.388. The number of nitrogens with zero attached hydrogens (tertiary/aromatic N) is 1. The zero-order chi connectivity index (χ0) is 21.1. The van der Waals surface area contributed by atoms with Gasteiger partial charge in [0.2, 0.25) is 0 Å². The smallest absolute Gasteiger partial charge is 0.408 e. The van der Waals surface area contributed by atoms with Crippen LogP contribution in [-0.2, 0) is 22.9 Å². The van der Waals surface area contributed by atoms with Gasteiger partial charge in [-0.2, -0.15) is 8.42 Å². The summed E-state index contributed by atoms with van der Waals surface area (Å²) < 4.78 is 32.5. The number of amides is 1. The van der Waals surface area contributed by atoms with Gasteiger partial charge in [0.25, 0.3) is 10.0 Å². The molecule has 0 aliphatic heterocycles. The average molecular weight is 443 g/mol. The Morgan fingerprint density at radius 3 is 2.40 bits per heavy atom. The topological polar surface area (TPSA) is 75.7 Å². The third-order valence-electron chi connectivity index (χ3n) is 4.82. The van der Waals surface area contributed by atoms with Crippen molar-refractivity contribution in [2.45, 2.75) is 24.2 Å². The third-order valence-corrected chi connectivity index (χ3v) is 6.66. The van der Waals surface area contributed by atoms with Crippen molar-refractivity contribution < 1.29 is 17.9 Å². The zero-order valence-corrected chi connectivity index (χ0v) is 17.5. The van der Waals surface area contributed by atoms with Gasteiger partial charge in [0.15, 0.2) is 0 Å². The van der Waals surface area contributed by atoms with Crippen molar-refractivity contribution in [3.8, 4) is 5.75 Å². The highest BCUT2D eigenvalue weighted by atomic mass is 35.5. The Morgan fingerprint density at radius 1 is 0.933 bits per heavy atom. The number of benzene rings is 3. The Morgan fingerprint density at radius 2 is 1.67 bits per heavy atom. The maximum absolute atomic E-state index is 13.2. The van der Waals surface area contributed by atoms with Crippen molar-refractivity contribution in [2.24, 2.45) is 0 Å². The number of anilines is 1. The highest BCUT2D eigenvalue weighted by molar-refractivity contribution is 7.89. The summed E-state index contributed by atoms with van der Waals surface area (Å²) in [5.74, 6) is 0.376. The highest BCUT2D eigenvalue weighted by Crippen LogP contribution is 2.31. The first-order valence-electron chi connectivity index (χ1n) is 9.40. The predicted molar refractivity (Wildman–Crippen MR) is 115 cm³/mol. The van der Waals surface area contributed by atoms with Crippen molar-refractivity contribution in [3.05, 3.63) is 88.9 Å². The van der Waals surface area contributed by atoms with E-state index in [4.69, 9.17) is 16.3 Å². The van der Waals surface area contributed by atoms with Crippen LogP contribution in [0.1, 0.15) is 17.5 Å². The second kappa shape index (κ2) is 8.38. The van der Waals surface area contributed by atoms with E-state index in [-0.39, 0.29) is 4.90 Å². The molecular formula is C22H19ClN2O4S. The monoisotopic (exact) mass is 442 g/mol. The molecule has 30 heavy (non-hydrogen) atoms. The van der Waals surface area contributed by atoms with Gasteiger partial charge >= 0.3 is 6.09 Å². The van der Waals surface area contributed by atoms with Crippen molar-refractivity contribution in [2.75, 3.05) is 5.43 Å². The summed E-state index contributed by atoms with van der Waals surface area (Å²) in [7, 11) is -4.26. The number of fused-ring (bicyclic) bond motifs is 1. The molecule has 0 heterocycles. The molecule has 0 aromatic heterocycles. The quantitative estimate of drug-likeness (QED) is 0.560. The molecule has 3 aromatic rings. The van der Waals surface area contributed by atoms with E-state index in [1.165, 1.54) is 24.3 Å². The van der Waals surface area contributed by atoms with Gasteiger partial charge in [-0.15, -0.1) is 4.41 Å². The van der Waals surface area contributed by atoms with Crippen LogP contribution in [0.25, 0.3) is 0 Å². The van der Waals surface area contributed by atoms with Crippen LogP contribution in [0.5, 0.6) is 5.75 Å². The number of aryl methyl sites for hydroxylation is 1. The van der Waals surface area contributed by atoms with E-state index in [0.29, 0.717) is 20.9 Å². The number of hydrogen-bond acceptors (Lipinski definition) is 5. The SMILES string of the molecule is O=C(Oc1cccc2c1CCC2)N(Nc1ccccc1)S(=O)(=O)c1ccc(Cl)cc1. The number of carbonyl (C=O) groups is 1. The standard InChI is InChI=1S/C22H19ClN2O4S/c23-17-12-14-19(15-13-17)30(27,28)25(24-18-8-2-1-3-9-18)22(26)29-21-11-5-7-16-6-4-10-20(16)21/h1-3,5,7-9,11-15,24H,4,6,10H2. The van der Waals surface area contributed by atoms with Crippen LogP contribution in [0.4, 0.5) is 10.5 Å². The van der Waals surface area contributed by atoms with Crippen LogP contribution >= 0.6 is 11.6 Å². The lowest BCUT2D eigenvalue weighted by molar-refractivity contribution is 0.184. The van der Waals surface area contributed by atoms with E-state index in [0.717, 1.165) is 30.4 Å². The largest absolute Gasteiger partial charge is 0.449 e. The van der Waals surface area contributed by atoms with Crippen LogP contribution in [0, 0.1) is 0 Å². The van der Waals surface area contributed by atoms with Gasteiger partial charge in [-0.25, -0.2) is 4.79 Å². The second-order valence-electron chi connectivity index (χ2n) is 6.82. The minimum absolute atomic E-state index is 0.0921. The number of hydrogen-bond donors (Lipinski definition) is 1. The summed E-state index contributed by atoms with van der Waals surface area (Å²) in [4.78, 5) is 12.9. The summed E-state index contributed by atoms with van der Waals surface area (Å²) >= 11 is 5.88. The molecule has 0 bridgehead atoms. The molecule has 1 amide bonds. The molecule has 0 unspecified atom stereocenters. The van der Waals surface area contributed by atoms with Gasteiger partial charge in [0.05, 0.1) is 10.6 Å². The number of ether oxygens (including phenoxy) is 1. The fourth-order valence-electron chi connectivity index (χ4n) is 3.36. The fraction of sp³-hybridized carbons (Fsp3) is 0.136. The van der Waals surface area contributed by atoms with E-state index < -0.39 is 16.1 Å². The van der Waals surface area contributed by atoms with Crippen LogP contribution < -0.4 is 10.2 Å². The van der Waals surface area contributed by atoms with Crippen molar-refractivity contribution in [1.82, 2.24) is 4.41 Å². The van der Waals surface area contributed by atoms with Crippen LogP contribution in [0.15, 0.2) is 77.7 Å². The lowest BCUT2D eigenvalue weighted by Gasteiger charge is -2.23. The first-order chi connectivity index (χ1) is 14.4. The molecule has 8 heteroatoms. The van der Waals surface area contributed by atoms with Gasteiger partial charge in [0.1, 0.15) is 5.75 Å². The minimum Gasteiger partial charge on any atom is -0.408 e. The van der Waals surface area contributed by atoms with Crippen molar-refractivity contribution >= 4 is 33.4 Å². The van der Waals surface area contributed by atoms with E-state index in [9.17, 15) is 13.2 Å². The number of nitrogens with one attached hydrogen (secondary N) is 1. The van der Waals surface area contributed by atoms with E-state index >= 15 is 0 Å². The predicted octanol–water partition coefficient (Wildman–Crippen LogP) is 5.05. The first-order valence-corrected chi connectivity index (χ1v) is 11.2. The molecule has 0 spiro atoms. The summed E-state index contributed by atoms with van der Waals surface area (Å²) in [5.41, 5.74) is 5.13. The molecule has 0 atom stereocenters. The lowest BCUT2D eigenvalue weighted by atomic mass is 10.1. The van der Waals surface area contributed by atoms with Gasteiger partial charge < -0.3 is 4.74 Å². The molecule has 3 aromatic carbocycles. The van der Waals surface area contributed by atoms with Gasteiger partial charge in [-0.3, -0.25) is 5.43 Å². The Balaban J connectivity index is 1.69. The number of carbonyl (C=O) groups excluding carboxylic acids is 1. The Kier molecular flexibility index (Phi) is 5.65. The molecule has 0 radical (unpaired) electrons.